The number of aliphatic hydroxyl groups excluding tert-OH is 1. The molecule has 0 aromatic heterocycles. The summed E-state index contributed by atoms with van der Waals surface area (Å²) in [6.45, 7) is 4.02. The minimum absolute atomic E-state index is 0.154. The number of ether oxygens (including phenoxy) is 2. The van der Waals surface area contributed by atoms with Crippen LogP contribution < -0.4 is 0 Å². The van der Waals surface area contributed by atoms with Crippen LogP contribution in [-0.4, -0.2) is 36.0 Å². The van der Waals surface area contributed by atoms with Crippen LogP contribution in [0.5, 0.6) is 0 Å². The molecule has 0 fully saturated rings. The van der Waals surface area contributed by atoms with Crippen molar-refractivity contribution < 1.29 is 24.2 Å². The van der Waals surface area contributed by atoms with Gasteiger partial charge >= 0.3 is 11.9 Å². The molecule has 5 nitrogen and oxygen atoms in total. The van der Waals surface area contributed by atoms with E-state index in [1.54, 1.807) is 11.8 Å². The van der Waals surface area contributed by atoms with Crippen LogP contribution in [0.15, 0.2) is 47.1 Å². The molecule has 0 bridgehead atoms. The number of carbonyl (C=O) groups excluding carboxylic acids is 2. The lowest BCUT2D eigenvalue weighted by Gasteiger charge is -2.13. The molecule has 1 N–H and O–H groups in total. The first-order chi connectivity index (χ1) is 15.9. The van der Waals surface area contributed by atoms with Crippen LogP contribution in [0.4, 0.5) is 0 Å². The molecule has 2 atom stereocenters. The van der Waals surface area contributed by atoms with Gasteiger partial charge in [-0.15, -0.1) is 11.8 Å². The lowest BCUT2D eigenvalue weighted by atomic mass is 10.0. The van der Waals surface area contributed by atoms with E-state index in [-0.39, 0.29) is 17.9 Å². The summed E-state index contributed by atoms with van der Waals surface area (Å²) in [5.74, 6) is 1.51. The van der Waals surface area contributed by atoms with Crippen molar-refractivity contribution in [2.24, 2.45) is 5.92 Å². The number of allylic oxidation sites excluding steroid dienone is 3. The van der Waals surface area contributed by atoms with Crippen molar-refractivity contribution in [3.63, 3.8) is 0 Å². The number of thioether (sulfide) groups is 1. The highest BCUT2D eigenvalue weighted by Gasteiger charge is 2.27. The molecule has 0 spiro atoms. The second-order valence-corrected chi connectivity index (χ2v) is 9.67. The smallest absolute Gasteiger partial charge is 0.310 e. The molecule has 1 aliphatic carbocycles. The number of esters is 2. The van der Waals surface area contributed by atoms with E-state index in [9.17, 15) is 14.7 Å². The van der Waals surface area contributed by atoms with E-state index in [1.165, 1.54) is 12.7 Å². The minimum Gasteiger partial charge on any atom is -0.469 e. The van der Waals surface area contributed by atoms with E-state index in [0.29, 0.717) is 19.3 Å². The molecule has 1 aromatic rings. The van der Waals surface area contributed by atoms with Gasteiger partial charge in [-0.05, 0) is 43.9 Å². The number of hydrogen-bond donors (Lipinski definition) is 1. The predicted octanol–water partition coefficient (Wildman–Crippen LogP) is 5.89. The van der Waals surface area contributed by atoms with Gasteiger partial charge in [0.2, 0.25) is 0 Å². The van der Waals surface area contributed by atoms with Gasteiger partial charge in [0.05, 0.1) is 13.2 Å². The van der Waals surface area contributed by atoms with E-state index >= 15 is 0 Å². The van der Waals surface area contributed by atoms with Crippen molar-refractivity contribution in [2.45, 2.75) is 77.7 Å². The van der Waals surface area contributed by atoms with Gasteiger partial charge in [0, 0.05) is 36.5 Å². The molecule has 2 unspecified atom stereocenters. The van der Waals surface area contributed by atoms with Crippen molar-refractivity contribution in [3.05, 3.63) is 58.2 Å². The van der Waals surface area contributed by atoms with Crippen LogP contribution in [0.1, 0.15) is 69.4 Å². The molecule has 0 saturated heterocycles. The van der Waals surface area contributed by atoms with Crippen molar-refractivity contribution in [1.82, 2.24) is 0 Å². The number of unbranched alkanes of at least 4 members (excludes halogenated alkanes) is 2. The topological polar surface area (TPSA) is 72.8 Å². The Hall–Kier alpha value is -2.05. The van der Waals surface area contributed by atoms with Crippen LogP contribution in [0.25, 0.3) is 0 Å². The Balaban J connectivity index is 1.95. The largest absolute Gasteiger partial charge is 0.469 e. The molecule has 2 rings (SSSR count). The van der Waals surface area contributed by atoms with Crippen LogP contribution in [-0.2, 0) is 25.5 Å². The summed E-state index contributed by atoms with van der Waals surface area (Å²) < 4.78 is 10.4. The maximum atomic E-state index is 12.1. The summed E-state index contributed by atoms with van der Waals surface area (Å²) in [6.07, 6.45) is 9.99. The van der Waals surface area contributed by atoms with E-state index in [4.69, 9.17) is 4.74 Å². The number of rotatable bonds is 14. The second kappa shape index (κ2) is 15.0. The monoisotopic (exact) mass is 474 g/mol. The fourth-order valence-corrected chi connectivity index (χ4v) is 5.14. The summed E-state index contributed by atoms with van der Waals surface area (Å²) in [5.41, 5.74) is 2.30. The fraction of sp³-hybridized carbons (Fsp3) is 0.556. The Kier molecular flexibility index (Phi) is 12.3. The number of aliphatic hydroxyl groups is 1. The molecular formula is C27H38O5S. The molecule has 0 aliphatic heterocycles. The number of hydrogen-bond acceptors (Lipinski definition) is 6. The molecule has 0 amide bonds. The zero-order valence-electron chi connectivity index (χ0n) is 20.2. The van der Waals surface area contributed by atoms with Gasteiger partial charge in [0.1, 0.15) is 5.76 Å². The van der Waals surface area contributed by atoms with Gasteiger partial charge < -0.3 is 14.6 Å². The van der Waals surface area contributed by atoms with E-state index in [0.717, 1.165) is 60.5 Å². The summed E-state index contributed by atoms with van der Waals surface area (Å²) >= 11 is 1.74. The lowest BCUT2D eigenvalue weighted by Crippen LogP contribution is -2.08. The lowest BCUT2D eigenvalue weighted by molar-refractivity contribution is -0.141. The molecule has 182 valence electrons. The summed E-state index contributed by atoms with van der Waals surface area (Å²) in [6, 6.07) is 8.19. The van der Waals surface area contributed by atoms with Gasteiger partial charge in [0.15, 0.2) is 0 Å². The van der Waals surface area contributed by atoms with Crippen LogP contribution >= 0.6 is 11.8 Å². The summed E-state index contributed by atoms with van der Waals surface area (Å²) in [4.78, 5) is 24.4. The average Bonchev–Trinajstić information content (AvgIpc) is 3.15. The fourth-order valence-electron chi connectivity index (χ4n) is 3.86. The molecule has 0 saturated carbocycles. The maximum absolute atomic E-state index is 12.1. The normalized spacial score (nSPS) is 16.9. The Morgan fingerprint density at radius 1 is 1.21 bits per heavy atom. The first kappa shape index (κ1) is 27.2. The average molecular weight is 475 g/mol. The zero-order chi connectivity index (χ0) is 24.1. The minimum atomic E-state index is -0.553. The van der Waals surface area contributed by atoms with E-state index < -0.39 is 6.10 Å². The SMILES string of the molecule is CCCC(=O)OC1=C(SCCCCCC(=O)OC)C(/C=C/C(O)Cc2cccc(C)c2)CC1. The predicted molar refractivity (Wildman–Crippen MR) is 134 cm³/mol. The summed E-state index contributed by atoms with van der Waals surface area (Å²) in [5, 5.41) is 10.5. The molecule has 0 radical (unpaired) electrons. The molecular weight excluding hydrogens is 436 g/mol. The van der Waals surface area contributed by atoms with Crippen LogP contribution in [0.2, 0.25) is 0 Å². The summed E-state index contributed by atoms with van der Waals surface area (Å²) in [7, 11) is 1.41. The number of methoxy groups -OCH3 is 1. The Labute approximate surface area is 202 Å². The van der Waals surface area contributed by atoms with Gasteiger partial charge in [-0.3, -0.25) is 9.59 Å². The van der Waals surface area contributed by atoms with Crippen molar-refractivity contribution in [2.75, 3.05) is 12.9 Å². The van der Waals surface area contributed by atoms with Crippen LogP contribution in [0, 0.1) is 12.8 Å². The third-order valence-electron chi connectivity index (χ3n) is 5.59. The Morgan fingerprint density at radius 2 is 2.03 bits per heavy atom. The van der Waals surface area contributed by atoms with Crippen molar-refractivity contribution in [3.8, 4) is 0 Å². The van der Waals surface area contributed by atoms with Crippen molar-refractivity contribution >= 4 is 23.7 Å². The molecule has 0 heterocycles. The van der Waals surface area contributed by atoms with Crippen LogP contribution in [0.3, 0.4) is 0 Å². The highest BCUT2D eigenvalue weighted by molar-refractivity contribution is 8.03. The number of carbonyl (C=O) groups is 2. The van der Waals surface area contributed by atoms with Gasteiger partial charge in [-0.1, -0.05) is 55.3 Å². The highest BCUT2D eigenvalue weighted by atomic mass is 32.2. The van der Waals surface area contributed by atoms with Crippen molar-refractivity contribution in [1.29, 1.82) is 0 Å². The van der Waals surface area contributed by atoms with Gasteiger partial charge in [-0.25, -0.2) is 0 Å². The Bertz CT molecular complexity index is 830. The molecule has 1 aliphatic rings. The first-order valence-corrected chi connectivity index (χ1v) is 13.0. The Morgan fingerprint density at radius 3 is 2.76 bits per heavy atom. The second-order valence-electron chi connectivity index (χ2n) is 8.54. The maximum Gasteiger partial charge on any atom is 0.310 e. The van der Waals surface area contributed by atoms with Gasteiger partial charge in [0.25, 0.3) is 0 Å². The third kappa shape index (κ3) is 10.2. The molecule has 33 heavy (non-hydrogen) atoms. The van der Waals surface area contributed by atoms with E-state index in [1.807, 2.05) is 25.1 Å². The number of benzene rings is 1. The standard InChI is InChI=1S/C27H38O5S/c1-4-9-26(30)32-24-16-14-22(27(24)33-17-7-5-6-12-25(29)31-3)13-15-23(28)19-21-11-8-10-20(2)18-21/h8,10-11,13,15,18,22-23,28H,4-7,9,12,14,16-17,19H2,1-3H3/b15-13+. The highest BCUT2D eigenvalue weighted by Crippen LogP contribution is 2.41. The molecule has 1 aromatic carbocycles. The van der Waals surface area contributed by atoms with E-state index in [2.05, 4.69) is 29.9 Å². The number of aryl methyl sites for hydroxylation is 1. The zero-order valence-corrected chi connectivity index (χ0v) is 21.0. The quantitative estimate of drug-likeness (QED) is 0.206. The van der Waals surface area contributed by atoms with Gasteiger partial charge in [-0.2, -0.15) is 0 Å². The first-order valence-electron chi connectivity index (χ1n) is 12.0. The molecule has 6 heteroatoms. The third-order valence-corrected chi connectivity index (χ3v) is 6.92.